The van der Waals surface area contributed by atoms with Gasteiger partial charge in [0.15, 0.2) is 18.0 Å². The smallest absolute Gasteiger partial charge is 0.275 e. The molecule has 0 aliphatic rings. The maximum atomic E-state index is 12.2. The molecule has 0 radical (unpaired) electrons. The molecule has 0 fully saturated rings. The molecule has 0 heterocycles. The SMILES string of the molecule is CCOc1ccc(C[NH+](C)CC(=O)NCC(=O)Nc2c(C)cccc2C)cc1OC. The van der Waals surface area contributed by atoms with Crippen LogP contribution in [0.25, 0.3) is 0 Å². The van der Waals surface area contributed by atoms with Crippen molar-refractivity contribution in [3.05, 3.63) is 53.1 Å². The van der Waals surface area contributed by atoms with Crippen LogP contribution in [-0.2, 0) is 16.1 Å². The number of quaternary nitrogens is 1. The Morgan fingerprint density at radius 1 is 1.03 bits per heavy atom. The van der Waals surface area contributed by atoms with Crippen LogP contribution in [0.4, 0.5) is 5.69 Å². The summed E-state index contributed by atoms with van der Waals surface area (Å²) >= 11 is 0. The molecule has 1 atom stereocenters. The van der Waals surface area contributed by atoms with Crippen LogP contribution < -0.4 is 25.0 Å². The largest absolute Gasteiger partial charge is 0.493 e. The zero-order chi connectivity index (χ0) is 22.1. The van der Waals surface area contributed by atoms with Gasteiger partial charge >= 0.3 is 0 Å². The molecule has 2 amide bonds. The molecule has 2 rings (SSSR count). The van der Waals surface area contributed by atoms with Crippen molar-refractivity contribution in [3.63, 3.8) is 0 Å². The Kier molecular flexibility index (Phi) is 8.68. The highest BCUT2D eigenvalue weighted by molar-refractivity contribution is 5.95. The number of anilines is 1. The average Bonchev–Trinajstić information content (AvgIpc) is 2.70. The fourth-order valence-corrected chi connectivity index (χ4v) is 3.22. The van der Waals surface area contributed by atoms with Gasteiger partial charge in [-0.15, -0.1) is 0 Å². The van der Waals surface area contributed by atoms with Gasteiger partial charge in [-0.3, -0.25) is 9.59 Å². The van der Waals surface area contributed by atoms with E-state index < -0.39 is 0 Å². The van der Waals surface area contributed by atoms with Crippen LogP contribution in [0.2, 0.25) is 0 Å². The summed E-state index contributed by atoms with van der Waals surface area (Å²) < 4.78 is 10.9. The quantitative estimate of drug-likeness (QED) is 0.550. The van der Waals surface area contributed by atoms with E-state index in [2.05, 4.69) is 10.6 Å². The van der Waals surface area contributed by atoms with E-state index in [0.717, 1.165) is 27.3 Å². The number of para-hydroxylation sites is 1. The predicted molar refractivity (Wildman–Crippen MR) is 117 cm³/mol. The first-order valence-corrected chi connectivity index (χ1v) is 10.1. The Bertz CT molecular complexity index is 862. The minimum absolute atomic E-state index is 0.0588. The fraction of sp³-hybridized carbons (Fsp3) is 0.391. The lowest BCUT2D eigenvalue weighted by Gasteiger charge is -2.16. The monoisotopic (exact) mass is 414 g/mol. The summed E-state index contributed by atoms with van der Waals surface area (Å²) in [7, 11) is 3.54. The van der Waals surface area contributed by atoms with Crippen molar-refractivity contribution < 1.29 is 24.0 Å². The third-order valence-electron chi connectivity index (χ3n) is 4.69. The second-order valence-corrected chi connectivity index (χ2v) is 7.32. The third kappa shape index (κ3) is 6.77. The molecule has 2 aromatic rings. The van der Waals surface area contributed by atoms with Gasteiger partial charge in [-0.25, -0.2) is 0 Å². The summed E-state index contributed by atoms with van der Waals surface area (Å²) in [4.78, 5) is 25.4. The second-order valence-electron chi connectivity index (χ2n) is 7.32. The molecule has 0 saturated carbocycles. The normalized spacial score (nSPS) is 11.5. The standard InChI is InChI=1S/C23H31N3O4/c1-6-30-19-11-10-18(12-20(19)29-5)14-26(4)15-22(28)24-13-21(27)25-23-16(2)8-7-9-17(23)3/h7-12H,6,13-15H2,1-5H3,(H,24,28)(H,25,27)/p+1. The van der Waals surface area contributed by atoms with Gasteiger partial charge < -0.3 is 25.0 Å². The number of likely N-dealkylation sites (N-methyl/N-ethyl adjacent to an activating group) is 1. The van der Waals surface area contributed by atoms with Crippen molar-refractivity contribution >= 4 is 17.5 Å². The third-order valence-corrected chi connectivity index (χ3v) is 4.69. The van der Waals surface area contributed by atoms with Crippen molar-refractivity contribution in [2.75, 3.05) is 39.2 Å². The Balaban J connectivity index is 1.82. The molecule has 3 N–H and O–H groups in total. The first-order valence-electron chi connectivity index (χ1n) is 10.1. The molecule has 0 bridgehead atoms. The maximum absolute atomic E-state index is 12.2. The fourth-order valence-electron chi connectivity index (χ4n) is 3.22. The van der Waals surface area contributed by atoms with Crippen LogP contribution in [0.15, 0.2) is 36.4 Å². The van der Waals surface area contributed by atoms with Crippen LogP contribution >= 0.6 is 0 Å². The highest BCUT2D eigenvalue weighted by Crippen LogP contribution is 2.27. The van der Waals surface area contributed by atoms with E-state index in [0.29, 0.717) is 24.7 Å². The van der Waals surface area contributed by atoms with E-state index in [1.807, 2.05) is 64.2 Å². The predicted octanol–water partition coefficient (Wildman–Crippen LogP) is 1.48. The van der Waals surface area contributed by atoms with Crippen molar-refractivity contribution in [3.8, 4) is 11.5 Å². The van der Waals surface area contributed by atoms with E-state index in [1.54, 1.807) is 7.11 Å². The molecule has 162 valence electrons. The van der Waals surface area contributed by atoms with Crippen LogP contribution in [-0.4, -0.2) is 45.7 Å². The number of amides is 2. The van der Waals surface area contributed by atoms with Gasteiger partial charge in [0.2, 0.25) is 5.91 Å². The minimum Gasteiger partial charge on any atom is -0.493 e. The number of hydrogen-bond donors (Lipinski definition) is 3. The molecule has 0 aliphatic carbocycles. The van der Waals surface area contributed by atoms with E-state index in [1.165, 1.54) is 0 Å². The number of ether oxygens (including phenoxy) is 2. The first kappa shape index (κ1) is 23.2. The highest BCUT2D eigenvalue weighted by atomic mass is 16.5. The molecule has 0 spiro atoms. The zero-order valence-corrected chi connectivity index (χ0v) is 18.4. The molecular weight excluding hydrogens is 382 g/mol. The van der Waals surface area contributed by atoms with Crippen molar-refractivity contribution in [2.24, 2.45) is 0 Å². The lowest BCUT2D eigenvalue weighted by Crippen LogP contribution is -3.08. The van der Waals surface area contributed by atoms with Gasteiger partial charge in [0, 0.05) is 11.3 Å². The molecule has 30 heavy (non-hydrogen) atoms. The van der Waals surface area contributed by atoms with Gasteiger partial charge in [-0.05, 0) is 50.1 Å². The number of carbonyl (C=O) groups excluding carboxylic acids is 2. The summed E-state index contributed by atoms with van der Waals surface area (Å²) in [6.07, 6.45) is 0. The average molecular weight is 415 g/mol. The van der Waals surface area contributed by atoms with Crippen molar-refractivity contribution in [1.82, 2.24) is 5.32 Å². The van der Waals surface area contributed by atoms with Crippen molar-refractivity contribution in [1.29, 1.82) is 0 Å². The Labute approximate surface area is 178 Å². The van der Waals surface area contributed by atoms with E-state index in [4.69, 9.17) is 9.47 Å². The van der Waals surface area contributed by atoms with Gasteiger partial charge in [0.05, 0.1) is 27.3 Å². The first-order chi connectivity index (χ1) is 14.3. The molecular formula is C23H32N3O4+. The zero-order valence-electron chi connectivity index (χ0n) is 18.4. The Hall–Kier alpha value is -3.06. The summed E-state index contributed by atoms with van der Waals surface area (Å²) in [5, 5.41) is 5.56. The number of hydrogen-bond acceptors (Lipinski definition) is 4. The number of nitrogens with one attached hydrogen (secondary N) is 3. The lowest BCUT2D eigenvalue weighted by molar-refractivity contribution is -0.885. The number of rotatable bonds is 10. The van der Waals surface area contributed by atoms with Crippen LogP contribution in [0.3, 0.4) is 0 Å². The topological polar surface area (TPSA) is 81.1 Å². The molecule has 7 nitrogen and oxygen atoms in total. The highest BCUT2D eigenvalue weighted by Gasteiger charge is 2.14. The number of methoxy groups -OCH3 is 1. The van der Waals surface area contributed by atoms with Crippen LogP contribution in [0.5, 0.6) is 11.5 Å². The summed E-state index contributed by atoms with van der Waals surface area (Å²) in [6, 6.07) is 11.6. The van der Waals surface area contributed by atoms with E-state index >= 15 is 0 Å². The van der Waals surface area contributed by atoms with Gasteiger partial charge in [0.25, 0.3) is 5.91 Å². The molecule has 2 aromatic carbocycles. The minimum atomic E-state index is -0.241. The van der Waals surface area contributed by atoms with Gasteiger partial charge in [-0.2, -0.15) is 0 Å². The number of carbonyl (C=O) groups is 2. The molecule has 0 aliphatic heterocycles. The van der Waals surface area contributed by atoms with E-state index in [-0.39, 0.29) is 24.9 Å². The Morgan fingerprint density at radius 2 is 1.73 bits per heavy atom. The molecule has 0 saturated heterocycles. The summed E-state index contributed by atoms with van der Waals surface area (Å²) in [6.45, 7) is 7.21. The summed E-state index contributed by atoms with van der Waals surface area (Å²) in [5.41, 5.74) is 3.81. The van der Waals surface area contributed by atoms with Gasteiger partial charge in [-0.1, -0.05) is 18.2 Å². The summed E-state index contributed by atoms with van der Waals surface area (Å²) in [5.74, 6) is 0.959. The maximum Gasteiger partial charge on any atom is 0.275 e. The molecule has 0 aromatic heterocycles. The second kappa shape index (κ2) is 11.2. The van der Waals surface area contributed by atoms with Gasteiger partial charge in [0.1, 0.15) is 6.54 Å². The number of aryl methyl sites for hydroxylation is 2. The molecule has 7 heteroatoms. The number of benzene rings is 2. The van der Waals surface area contributed by atoms with Crippen LogP contribution in [0.1, 0.15) is 23.6 Å². The lowest BCUT2D eigenvalue weighted by atomic mass is 10.1. The van der Waals surface area contributed by atoms with Crippen LogP contribution in [0, 0.1) is 13.8 Å². The Morgan fingerprint density at radius 3 is 2.37 bits per heavy atom. The van der Waals surface area contributed by atoms with E-state index in [9.17, 15) is 9.59 Å². The molecule has 1 unspecified atom stereocenters. The van der Waals surface area contributed by atoms with Crippen molar-refractivity contribution in [2.45, 2.75) is 27.3 Å².